The Morgan fingerprint density at radius 3 is 2.57 bits per heavy atom. The lowest BCUT2D eigenvalue weighted by Crippen LogP contribution is -2.25. The molecule has 1 aromatic carbocycles. The second-order valence-corrected chi connectivity index (χ2v) is 3.77. The van der Waals surface area contributed by atoms with Gasteiger partial charge in [0.1, 0.15) is 5.82 Å². The molecule has 0 saturated carbocycles. The molecule has 0 aliphatic carbocycles. The number of halogens is 2. The Balaban J connectivity index is 3.25. The van der Waals surface area contributed by atoms with Gasteiger partial charge in [-0.15, -0.1) is 0 Å². The number of aliphatic hydroxyl groups is 1. The Morgan fingerprint density at radius 1 is 1.50 bits per heavy atom. The highest BCUT2D eigenvalue weighted by molar-refractivity contribution is 6.31. The molecule has 1 aromatic rings. The van der Waals surface area contributed by atoms with Gasteiger partial charge in [0.05, 0.1) is 12.1 Å². The molecule has 3 N–H and O–H groups in total. The van der Waals surface area contributed by atoms with Gasteiger partial charge in [-0.25, -0.2) is 4.39 Å². The highest BCUT2D eigenvalue weighted by Gasteiger charge is 2.20. The summed E-state index contributed by atoms with van der Waals surface area (Å²) in [5.74, 6) is -0.439. The summed E-state index contributed by atoms with van der Waals surface area (Å²) >= 11 is 5.81. The quantitative estimate of drug-likeness (QED) is 0.798. The van der Waals surface area contributed by atoms with Gasteiger partial charge in [0.15, 0.2) is 0 Å². The molecule has 0 radical (unpaired) electrons. The van der Waals surface area contributed by atoms with E-state index < -0.39 is 18.0 Å². The van der Waals surface area contributed by atoms with Gasteiger partial charge in [-0.3, -0.25) is 0 Å². The summed E-state index contributed by atoms with van der Waals surface area (Å²) in [4.78, 5) is 0. The van der Waals surface area contributed by atoms with Crippen molar-refractivity contribution in [3.05, 3.63) is 34.1 Å². The van der Waals surface area contributed by atoms with E-state index in [1.807, 2.05) is 0 Å². The minimum Gasteiger partial charge on any atom is -0.391 e. The van der Waals surface area contributed by atoms with Gasteiger partial charge in [0, 0.05) is 10.6 Å². The van der Waals surface area contributed by atoms with E-state index in [0.717, 1.165) is 0 Å². The fourth-order valence-corrected chi connectivity index (χ4v) is 1.50. The van der Waals surface area contributed by atoms with Crippen molar-refractivity contribution in [1.82, 2.24) is 0 Å². The minimum atomic E-state index is -0.830. The van der Waals surface area contributed by atoms with Crippen molar-refractivity contribution in [3.63, 3.8) is 0 Å². The molecule has 0 spiro atoms. The van der Waals surface area contributed by atoms with Gasteiger partial charge in [0.2, 0.25) is 0 Å². The molecule has 78 valence electrons. The molecule has 2 nitrogen and oxygen atoms in total. The number of aliphatic hydroxyl groups excluding tert-OH is 1. The Morgan fingerprint density at radius 2 is 2.07 bits per heavy atom. The van der Waals surface area contributed by atoms with Crippen molar-refractivity contribution >= 4 is 11.6 Å². The molecule has 4 heteroatoms. The minimum absolute atomic E-state index is 0.182. The predicted octanol–water partition coefficient (Wildman–Crippen LogP) is 2.17. The summed E-state index contributed by atoms with van der Waals surface area (Å²) < 4.78 is 13.6. The fraction of sp³-hybridized carbons (Fsp3) is 0.400. The average molecular weight is 218 g/mol. The van der Waals surface area contributed by atoms with Gasteiger partial charge >= 0.3 is 0 Å². The number of nitrogens with two attached hydrogens (primary N) is 1. The van der Waals surface area contributed by atoms with Crippen molar-refractivity contribution in [1.29, 1.82) is 0 Å². The van der Waals surface area contributed by atoms with Crippen LogP contribution < -0.4 is 5.73 Å². The highest BCUT2D eigenvalue weighted by Crippen LogP contribution is 2.28. The molecule has 0 saturated heterocycles. The zero-order chi connectivity index (χ0) is 10.9. The summed E-state index contributed by atoms with van der Waals surface area (Å²) in [6.45, 7) is 3.13. The van der Waals surface area contributed by atoms with E-state index in [1.54, 1.807) is 19.1 Å². The molecule has 14 heavy (non-hydrogen) atoms. The lowest BCUT2D eigenvalue weighted by molar-refractivity contribution is 0.162. The summed E-state index contributed by atoms with van der Waals surface area (Å²) in [6, 6.07) is 2.37. The second-order valence-electron chi connectivity index (χ2n) is 3.36. The molecule has 2 atom stereocenters. The number of rotatable bonds is 2. The zero-order valence-electron chi connectivity index (χ0n) is 8.09. The third kappa shape index (κ3) is 2.05. The van der Waals surface area contributed by atoms with E-state index in [1.165, 1.54) is 6.92 Å². The van der Waals surface area contributed by atoms with Gasteiger partial charge in [-0.1, -0.05) is 17.7 Å². The third-order valence-electron chi connectivity index (χ3n) is 2.17. The molecule has 0 aliphatic rings. The maximum absolute atomic E-state index is 13.6. The molecule has 0 amide bonds. The van der Waals surface area contributed by atoms with Crippen LogP contribution in [0.25, 0.3) is 0 Å². The van der Waals surface area contributed by atoms with E-state index >= 15 is 0 Å². The first-order valence-corrected chi connectivity index (χ1v) is 4.71. The molecule has 1 rings (SSSR count). The number of benzene rings is 1. The number of hydrogen-bond acceptors (Lipinski definition) is 2. The van der Waals surface area contributed by atoms with Crippen molar-refractivity contribution in [3.8, 4) is 0 Å². The SMILES string of the molecule is Cc1ccc(Cl)c(C(N)C(C)O)c1F. The monoisotopic (exact) mass is 217 g/mol. The van der Waals surface area contributed by atoms with Crippen molar-refractivity contribution in [2.75, 3.05) is 0 Å². The molecular weight excluding hydrogens is 205 g/mol. The van der Waals surface area contributed by atoms with Gasteiger partial charge < -0.3 is 10.8 Å². The van der Waals surface area contributed by atoms with Crippen LogP contribution in [-0.2, 0) is 0 Å². The standard InChI is InChI=1S/C10H13ClFNO/c1-5-3-4-7(11)8(9(5)12)10(13)6(2)14/h3-4,6,10,14H,13H2,1-2H3. The van der Waals surface area contributed by atoms with Gasteiger partial charge in [0.25, 0.3) is 0 Å². The molecule has 0 fully saturated rings. The van der Waals surface area contributed by atoms with E-state index in [4.69, 9.17) is 17.3 Å². The van der Waals surface area contributed by atoms with E-state index in [9.17, 15) is 9.50 Å². The maximum atomic E-state index is 13.6. The smallest absolute Gasteiger partial charge is 0.132 e. The van der Waals surface area contributed by atoms with Gasteiger partial charge in [-0.2, -0.15) is 0 Å². The predicted molar refractivity (Wildman–Crippen MR) is 54.8 cm³/mol. The van der Waals surface area contributed by atoms with Crippen LogP contribution in [0.2, 0.25) is 5.02 Å². The first-order valence-electron chi connectivity index (χ1n) is 4.33. The largest absolute Gasteiger partial charge is 0.391 e. The summed E-state index contributed by atoms with van der Waals surface area (Å²) in [6.07, 6.45) is -0.830. The van der Waals surface area contributed by atoms with Crippen LogP contribution >= 0.6 is 11.6 Å². The lowest BCUT2D eigenvalue weighted by Gasteiger charge is -2.18. The molecular formula is C10H13ClFNO. The zero-order valence-corrected chi connectivity index (χ0v) is 8.85. The number of hydrogen-bond donors (Lipinski definition) is 2. The maximum Gasteiger partial charge on any atom is 0.132 e. The van der Waals surface area contributed by atoms with Crippen LogP contribution in [0.4, 0.5) is 4.39 Å². The first-order chi connectivity index (χ1) is 6.45. The summed E-state index contributed by atoms with van der Waals surface area (Å²) in [5.41, 5.74) is 6.29. The van der Waals surface area contributed by atoms with Crippen LogP contribution in [0.5, 0.6) is 0 Å². The lowest BCUT2D eigenvalue weighted by atomic mass is 10.0. The van der Waals surface area contributed by atoms with Crippen LogP contribution in [0.3, 0.4) is 0 Å². The Hall–Kier alpha value is -0.640. The Labute approximate surface area is 87.5 Å². The normalized spacial score (nSPS) is 15.3. The van der Waals surface area contributed by atoms with Crippen molar-refractivity contribution in [2.45, 2.75) is 26.0 Å². The Kier molecular flexibility index (Phi) is 3.48. The second kappa shape index (κ2) is 4.26. The van der Waals surface area contributed by atoms with Gasteiger partial charge in [-0.05, 0) is 25.5 Å². The van der Waals surface area contributed by atoms with Crippen LogP contribution in [0.1, 0.15) is 24.1 Å². The molecule has 2 unspecified atom stereocenters. The molecule has 0 aromatic heterocycles. The molecule has 0 heterocycles. The van der Waals surface area contributed by atoms with E-state index in [0.29, 0.717) is 5.56 Å². The Bertz CT molecular complexity index is 341. The first kappa shape index (κ1) is 11.4. The molecule has 0 aliphatic heterocycles. The highest BCUT2D eigenvalue weighted by atomic mass is 35.5. The van der Waals surface area contributed by atoms with E-state index in [-0.39, 0.29) is 10.6 Å². The fourth-order valence-electron chi connectivity index (χ4n) is 1.23. The average Bonchev–Trinajstić information content (AvgIpc) is 2.12. The van der Waals surface area contributed by atoms with E-state index in [2.05, 4.69) is 0 Å². The van der Waals surface area contributed by atoms with Crippen molar-refractivity contribution < 1.29 is 9.50 Å². The van der Waals surface area contributed by atoms with Crippen LogP contribution in [0, 0.1) is 12.7 Å². The topological polar surface area (TPSA) is 46.2 Å². The van der Waals surface area contributed by atoms with Crippen LogP contribution in [0.15, 0.2) is 12.1 Å². The molecule has 0 bridgehead atoms. The van der Waals surface area contributed by atoms with Crippen LogP contribution in [-0.4, -0.2) is 11.2 Å². The summed E-state index contributed by atoms with van der Waals surface area (Å²) in [5, 5.41) is 9.52. The number of aryl methyl sites for hydroxylation is 1. The summed E-state index contributed by atoms with van der Waals surface area (Å²) in [7, 11) is 0. The third-order valence-corrected chi connectivity index (χ3v) is 2.50. The van der Waals surface area contributed by atoms with Crippen molar-refractivity contribution in [2.24, 2.45) is 5.73 Å².